The van der Waals surface area contributed by atoms with Gasteiger partial charge in [-0.05, 0) is 22.3 Å². The van der Waals surface area contributed by atoms with E-state index in [1.165, 1.54) is 0 Å². The van der Waals surface area contributed by atoms with Crippen LogP contribution in [0.5, 0.6) is 0 Å². The third-order valence-electron chi connectivity index (χ3n) is 3.85. The molecule has 6 nitrogen and oxygen atoms in total. The minimum atomic E-state index is -0.515. The molecule has 0 radical (unpaired) electrons. The van der Waals surface area contributed by atoms with Crippen molar-refractivity contribution in [1.29, 1.82) is 0 Å². The van der Waals surface area contributed by atoms with Gasteiger partial charge in [0.15, 0.2) is 0 Å². The van der Waals surface area contributed by atoms with Gasteiger partial charge in [0.25, 0.3) is 0 Å². The standard InChI is InChI=1S/C18H22N4O2/c19-15(9-17(21)23)13-7-3-1-5-11(13)12-6-2-4-8-14(12)16(20)10-18(22)24/h1-8,15-16H,9-10,19-20H2,(H2,21,23)(H2,22,24). The van der Waals surface area contributed by atoms with Gasteiger partial charge in [0, 0.05) is 24.9 Å². The molecule has 0 fully saturated rings. The highest BCUT2D eigenvalue weighted by molar-refractivity contribution is 5.78. The van der Waals surface area contributed by atoms with Gasteiger partial charge in [-0.15, -0.1) is 0 Å². The Balaban J connectivity index is 2.50. The van der Waals surface area contributed by atoms with Crippen LogP contribution in [0.3, 0.4) is 0 Å². The number of nitrogens with two attached hydrogens (primary N) is 4. The molecular formula is C18H22N4O2. The van der Waals surface area contributed by atoms with E-state index < -0.39 is 23.9 Å². The van der Waals surface area contributed by atoms with E-state index in [9.17, 15) is 9.59 Å². The Morgan fingerprint density at radius 3 is 1.38 bits per heavy atom. The van der Waals surface area contributed by atoms with Crippen LogP contribution in [0.15, 0.2) is 48.5 Å². The van der Waals surface area contributed by atoms with Gasteiger partial charge in [-0.3, -0.25) is 9.59 Å². The molecule has 2 unspecified atom stereocenters. The lowest BCUT2D eigenvalue weighted by atomic mass is 9.88. The number of primary amides is 2. The number of benzene rings is 2. The van der Waals surface area contributed by atoms with E-state index in [2.05, 4.69) is 0 Å². The van der Waals surface area contributed by atoms with Crippen molar-refractivity contribution in [2.45, 2.75) is 24.9 Å². The molecule has 24 heavy (non-hydrogen) atoms. The summed E-state index contributed by atoms with van der Waals surface area (Å²) in [5.41, 5.74) is 26.1. The van der Waals surface area contributed by atoms with E-state index in [1.807, 2.05) is 48.5 Å². The van der Waals surface area contributed by atoms with Crippen molar-refractivity contribution in [3.63, 3.8) is 0 Å². The van der Waals surface area contributed by atoms with Gasteiger partial charge in [0.05, 0.1) is 0 Å². The molecular weight excluding hydrogens is 304 g/mol. The van der Waals surface area contributed by atoms with Crippen LogP contribution in [0.4, 0.5) is 0 Å². The number of carbonyl (C=O) groups excluding carboxylic acids is 2. The lowest BCUT2D eigenvalue weighted by Crippen LogP contribution is -2.22. The highest BCUT2D eigenvalue weighted by Gasteiger charge is 2.19. The van der Waals surface area contributed by atoms with E-state index >= 15 is 0 Å². The molecule has 126 valence electrons. The first kappa shape index (κ1) is 17.7. The van der Waals surface area contributed by atoms with E-state index in [-0.39, 0.29) is 12.8 Å². The van der Waals surface area contributed by atoms with Gasteiger partial charge >= 0.3 is 0 Å². The quantitative estimate of drug-likeness (QED) is 0.605. The Bertz CT molecular complexity index is 682. The SMILES string of the molecule is NC(=O)CC(N)c1ccccc1-c1ccccc1C(N)CC(N)=O. The summed E-state index contributed by atoms with van der Waals surface area (Å²) in [5.74, 6) is -0.924. The minimum absolute atomic E-state index is 0.0481. The third-order valence-corrected chi connectivity index (χ3v) is 3.85. The maximum atomic E-state index is 11.2. The van der Waals surface area contributed by atoms with E-state index in [0.717, 1.165) is 22.3 Å². The van der Waals surface area contributed by atoms with Crippen molar-refractivity contribution in [3.8, 4) is 11.1 Å². The van der Waals surface area contributed by atoms with Crippen LogP contribution in [-0.4, -0.2) is 11.8 Å². The van der Waals surface area contributed by atoms with Crippen molar-refractivity contribution in [3.05, 3.63) is 59.7 Å². The fourth-order valence-corrected chi connectivity index (χ4v) is 2.78. The summed E-state index contributed by atoms with van der Waals surface area (Å²) in [5, 5.41) is 0. The Labute approximate surface area is 140 Å². The Morgan fingerprint density at radius 1 is 0.708 bits per heavy atom. The van der Waals surface area contributed by atoms with Crippen molar-refractivity contribution >= 4 is 11.8 Å². The monoisotopic (exact) mass is 326 g/mol. The molecule has 0 saturated heterocycles. The molecule has 2 atom stereocenters. The fourth-order valence-electron chi connectivity index (χ4n) is 2.78. The highest BCUT2D eigenvalue weighted by Crippen LogP contribution is 2.33. The average Bonchev–Trinajstić information content (AvgIpc) is 2.53. The van der Waals surface area contributed by atoms with Crippen molar-refractivity contribution in [1.82, 2.24) is 0 Å². The molecule has 8 N–H and O–H groups in total. The first-order valence-corrected chi connectivity index (χ1v) is 7.66. The van der Waals surface area contributed by atoms with E-state index in [1.54, 1.807) is 0 Å². The van der Waals surface area contributed by atoms with Gasteiger partial charge in [-0.1, -0.05) is 48.5 Å². The summed E-state index contributed by atoms with van der Waals surface area (Å²) in [7, 11) is 0. The second kappa shape index (κ2) is 7.72. The lowest BCUT2D eigenvalue weighted by Gasteiger charge is -2.20. The predicted octanol–water partition coefficient (Wildman–Crippen LogP) is 1.10. The highest BCUT2D eigenvalue weighted by atomic mass is 16.1. The molecule has 2 aromatic rings. The fraction of sp³-hybridized carbons (Fsp3) is 0.222. The van der Waals surface area contributed by atoms with Gasteiger partial charge < -0.3 is 22.9 Å². The zero-order valence-electron chi connectivity index (χ0n) is 13.3. The van der Waals surface area contributed by atoms with Gasteiger partial charge in [0.2, 0.25) is 11.8 Å². The normalized spacial score (nSPS) is 13.2. The molecule has 0 saturated carbocycles. The molecule has 0 aliphatic heterocycles. The summed E-state index contributed by atoms with van der Waals surface area (Å²) in [6.45, 7) is 0. The summed E-state index contributed by atoms with van der Waals surface area (Å²) in [4.78, 5) is 22.4. The maximum absolute atomic E-state index is 11.2. The van der Waals surface area contributed by atoms with Crippen LogP contribution in [0.25, 0.3) is 11.1 Å². The third kappa shape index (κ3) is 4.18. The molecule has 0 heterocycles. The van der Waals surface area contributed by atoms with Crippen LogP contribution in [0, 0.1) is 0 Å². The van der Waals surface area contributed by atoms with E-state index in [4.69, 9.17) is 22.9 Å². The number of hydrogen-bond acceptors (Lipinski definition) is 4. The summed E-state index contributed by atoms with van der Waals surface area (Å²) < 4.78 is 0. The van der Waals surface area contributed by atoms with Crippen molar-refractivity contribution in [2.24, 2.45) is 22.9 Å². The van der Waals surface area contributed by atoms with Gasteiger partial charge in [0.1, 0.15) is 0 Å². The summed E-state index contributed by atoms with van der Waals surface area (Å²) in [6.07, 6.45) is 0.0963. The second-order valence-corrected chi connectivity index (χ2v) is 5.73. The van der Waals surface area contributed by atoms with Crippen LogP contribution in [0.1, 0.15) is 36.1 Å². The van der Waals surface area contributed by atoms with Crippen LogP contribution < -0.4 is 22.9 Å². The Morgan fingerprint density at radius 2 is 1.04 bits per heavy atom. The summed E-state index contributed by atoms with van der Waals surface area (Å²) >= 11 is 0. The van der Waals surface area contributed by atoms with E-state index in [0.29, 0.717) is 0 Å². The predicted molar refractivity (Wildman–Crippen MR) is 93.4 cm³/mol. The Kier molecular flexibility index (Phi) is 5.68. The molecule has 0 aliphatic rings. The maximum Gasteiger partial charge on any atom is 0.219 e. The van der Waals surface area contributed by atoms with Crippen LogP contribution in [0.2, 0.25) is 0 Å². The van der Waals surface area contributed by atoms with Crippen LogP contribution in [-0.2, 0) is 9.59 Å². The van der Waals surface area contributed by atoms with Gasteiger partial charge in [-0.25, -0.2) is 0 Å². The topological polar surface area (TPSA) is 138 Å². The van der Waals surface area contributed by atoms with Crippen LogP contribution >= 0.6 is 0 Å². The summed E-state index contributed by atoms with van der Waals surface area (Å²) in [6, 6.07) is 14.0. The molecule has 2 amide bonds. The molecule has 2 rings (SSSR count). The molecule has 0 aromatic heterocycles. The molecule has 0 aliphatic carbocycles. The molecule has 0 spiro atoms. The molecule has 6 heteroatoms. The molecule has 2 aromatic carbocycles. The second-order valence-electron chi connectivity index (χ2n) is 5.73. The number of amides is 2. The van der Waals surface area contributed by atoms with Gasteiger partial charge in [-0.2, -0.15) is 0 Å². The zero-order chi connectivity index (χ0) is 17.7. The lowest BCUT2D eigenvalue weighted by molar-refractivity contribution is -0.119. The average molecular weight is 326 g/mol. The first-order valence-electron chi connectivity index (χ1n) is 7.66. The first-order chi connectivity index (χ1) is 11.4. The zero-order valence-corrected chi connectivity index (χ0v) is 13.3. The minimum Gasteiger partial charge on any atom is -0.370 e. The number of carbonyl (C=O) groups is 2. The Hall–Kier alpha value is -2.70. The molecule has 0 bridgehead atoms. The largest absolute Gasteiger partial charge is 0.370 e. The number of hydrogen-bond donors (Lipinski definition) is 4. The van der Waals surface area contributed by atoms with Crippen molar-refractivity contribution in [2.75, 3.05) is 0 Å². The number of rotatable bonds is 7. The van der Waals surface area contributed by atoms with Crippen molar-refractivity contribution < 1.29 is 9.59 Å². The smallest absolute Gasteiger partial charge is 0.219 e.